The highest BCUT2D eigenvalue weighted by Gasteiger charge is 2.19. The molecular formula is C64H41N3. The number of rotatable bonds is 8. The Morgan fingerprint density at radius 3 is 1.04 bits per heavy atom. The predicted molar refractivity (Wildman–Crippen MR) is 280 cm³/mol. The predicted octanol–water partition coefficient (Wildman–Crippen LogP) is 17.0. The molecule has 0 radical (unpaired) electrons. The Kier molecular flexibility index (Phi) is 9.17. The van der Waals surface area contributed by atoms with Crippen LogP contribution in [-0.2, 0) is 0 Å². The minimum absolute atomic E-state index is 0.710. The lowest BCUT2D eigenvalue weighted by atomic mass is 9.95. The van der Waals surface area contributed by atoms with Gasteiger partial charge in [-0.3, -0.25) is 0 Å². The molecule has 3 nitrogen and oxygen atoms in total. The largest absolute Gasteiger partial charge is 0.308 e. The number of hydrogen-bond acceptors (Lipinski definition) is 2. The first-order valence-corrected chi connectivity index (χ1v) is 22.9. The number of hydrogen-bond donors (Lipinski definition) is 0. The van der Waals surface area contributed by atoms with Crippen LogP contribution < -0.4 is 0 Å². The Morgan fingerprint density at radius 1 is 0.224 bits per heavy atom. The van der Waals surface area contributed by atoms with Gasteiger partial charge >= 0.3 is 0 Å². The Morgan fingerprint density at radius 2 is 0.567 bits per heavy atom. The minimum atomic E-state index is 0.710. The van der Waals surface area contributed by atoms with Gasteiger partial charge in [0.2, 0.25) is 0 Å². The van der Waals surface area contributed by atoms with Crippen LogP contribution in [0.2, 0.25) is 0 Å². The van der Waals surface area contributed by atoms with Crippen LogP contribution in [-0.4, -0.2) is 14.4 Å². The van der Waals surface area contributed by atoms with Gasteiger partial charge in [-0.15, -0.1) is 0 Å². The highest BCUT2D eigenvalue weighted by molar-refractivity contribution is 6.23. The standard InChI is InChI=1S/C64H41N3/c1-4-15-42(16-5-1)45-21-10-25-49(35-45)52-31-33-55-57-29-14-30-58-56-34-32-53(40-62(56)67(63(57)58)61(55)39-52)50-26-12-23-47(37-50)46-22-11-24-48(36-46)51-27-13-28-54(38-51)60-41-59(43-17-6-2-7-18-43)65-64(66-60)44-19-8-3-9-20-44/h1-41H. The summed E-state index contributed by atoms with van der Waals surface area (Å²) in [6.45, 7) is 0. The highest BCUT2D eigenvalue weighted by atomic mass is 14.9. The van der Waals surface area contributed by atoms with E-state index in [9.17, 15) is 0 Å². The third kappa shape index (κ3) is 6.84. The van der Waals surface area contributed by atoms with Gasteiger partial charge in [-0.25, -0.2) is 9.97 Å². The molecule has 3 heterocycles. The molecule has 0 amide bonds. The van der Waals surface area contributed by atoms with Crippen molar-refractivity contribution >= 4 is 38.1 Å². The van der Waals surface area contributed by atoms with Crippen LogP contribution in [0.5, 0.6) is 0 Å². The molecular weight excluding hydrogens is 811 g/mol. The number of aromatic nitrogens is 3. The van der Waals surface area contributed by atoms with Gasteiger partial charge < -0.3 is 4.40 Å². The highest BCUT2D eigenvalue weighted by Crippen LogP contribution is 2.42. The summed E-state index contributed by atoms with van der Waals surface area (Å²) in [4.78, 5) is 10.1. The van der Waals surface area contributed by atoms with Gasteiger partial charge in [0.1, 0.15) is 0 Å². The summed E-state index contributed by atoms with van der Waals surface area (Å²) in [7, 11) is 0. The monoisotopic (exact) mass is 851 g/mol. The van der Waals surface area contributed by atoms with E-state index in [1.807, 2.05) is 24.3 Å². The molecule has 67 heavy (non-hydrogen) atoms. The van der Waals surface area contributed by atoms with Gasteiger partial charge in [0.15, 0.2) is 5.82 Å². The molecule has 0 atom stereocenters. The lowest BCUT2D eigenvalue weighted by Gasteiger charge is -2.12. The molecule has 13 rings (SSSR count). The number of para-hydroxylation sites is 1. The first-order chi connectivity index (χ1) is 33.2. The zero-order valence-electron chi connectivity index (χ0n) is 36.5. The Hall–Kier alpha value is -8.92. The first kappa shape index (κ1) is 38.5. The lowest BCUT2D eigenvalue weighted by Crippen LogP contribution is -1.96. The minimum Gasteiger partial charge on any atom is -0.308 e. The SMILES string of the molecule is c1ccc(-c2cccc(-c3ccc4c5cccc6c7ccc(-c8cccc(-c9cccc(-c%10cccc(-c%11cc(-c%12ccccc%12)nc(-c%12ccccc%12)n%11)c%10)c9)c8)cc7n(c4c3)c56)c2)cc1. The molecule has 0 aliphatic heterocycles. The average molecular weight is 852 g/mol. The van der Waals surface area contributed by atoms with Crippen LogP contribution in [0.1, 0.15) is 0 Å². The van der Waals surface area contributed by atoms with Crippen molar-refractivity contribution in [1.82, 2.24) is 14.4 Å². The van der Waals surface area contributed by atoms with E-state index in [1.165, 1.54) is 82.6 Å². The van der Waals surface area contributed by atoms with Crippen molar-refractivity contribution < 1.29 is 0 Å². The fourth-order valence-electron chi connectivity index (χ4n) is 10.0. The van der Waals surface area contributed by atoms with E-state index in [1.54, 1.807) is 0 Å². The molecule has 3 heteroatoms. The van der Waals surface area contributed by atoms with E-state index in [4.69, 9.17) is 9.97 Å². The van der Waals surface area contributed by atoms with Crippen molar-refractivity contribution in [2.75, 3.05) is 0 Å². The van der Waals surface area contributed by atoms with E-state index >= 15 is 0 Å². The molecule has 0 saturated carbocycles. The van der Waals surface area contributed by atoms with E-state index < -0.39 is 0 Å². The zero-order valence-corrected chi connectivity index (χ0v) is 36.5. The molecule has 0 fully saturated rings. The maximum Gasteiger partial charge on any atom is 0.160 e. The summed E-state index contributed by atoms with van der Waals surface area (Å²) >= 11 is 0. The number of benzene rings is 10. The Bertz CT molecular complexity index is 3910. The summed E-state index contributed by atoms with van der Waals surface area (Å²) in [6.07, 6.45) is 0. The smallest absolute Gasteiger partial charge is 0.160 e. The second-order valence-electron chi connectivity index (χ2n) is 17.4. The van der Waals surface area contributed by atoms with Crippen molar-refractivity contribution in [3.63, 3.8) is 0 Å². The maximum atomic E-state index is 5.11. The molecule has 312 valence electrons. The Balaban J connectivity index is 0.863. The van der Waals surface area contributed by atoms with Crippen LogP contribution in [0, 0.1) is 0 Å². The van der Waals surface area contributed by atoms with Gasteiger partial charge in [0, 0.05) is 38.2 Å². The van der Waals surface area contributed by atoms with E-state index in [2.05, 4.69) is 229 Å². The van der Waals surface area contributed by atoms with Crippen LogP contribution in [0.4, 0.5) is 0 Å². The van der Waals surface area contributed by atoms with Crippen LogP contribution >= 0.6 is 0 Å². The quantitative estimate of drug-likeness (QED) is 0.152. The second kappa shape index (κ2) is 16.0. The molecule has 3 aromatic heterocycles. The summed E-state index contributed by atoms with van der Waals surface area (Å²) in [5, 5.41) is 5.11. The topological polar surface area (TPSA) is 30.2 Å². The fraction of sp³-hybridized carbons (Fsp3) is 0. The Labute approximate surface area is 388 Å². The normalized spacial score (nSPS) is 11.6. The van der Waals surface area contributed by atoms with Crippen LogP contribution in [0.25, 0.3) is 128 Å². The molecule has 10 aromatic carbocycles. The van der Waals surface area contributed by atoms with E-state index in [0.717, 1.165) is 39.2 Å². The average Bonchev–Trinajstić information content (AvgIpc) is 3.93. The van der Waals surface area contributed by atoms with Crippen molar-refractivity contribution in [3.8, 4) is 89.5 Å². The van der Waals surface area contributed by atoms with Gasteiger partial charge in [-0.05, 0) is 98.1 Å². The van der Waals surface area contributed by atoms with Crippen LogP contribution in [0.3, 0.4) is 0 Å². The molecule has 0 aliphatic rings. The molecule has 0 spiro atoms. The van der Waals surface area contributed by atoms with Crippen molar-refractivity contribution in [3.05, 3.63) is 249 Å². The zero-order chi connectivity index (χ0) is 44.3. The summed E-state index contributed by atoms with van der Waals surface area (Å²) in [5.41, 5.74) is 20.5. The van der Waals surface area contributed by atoms with Gasteiger partial charge in [-0.1, -0.05) is 206 Å². The molecule has 0 N–H and O–H groups in total. The van der Waals surface area contributed by atoms with Crippen molar-refractivity contribution in [1.29, 1.82) is 0 Å². The van der Waals surface area contributed by atoms with Gasteiger partial charge in [0.25, 0.3) is 0 Å². The third-order valence-corrected chi connectivity index (χ3v) is 13.3. The van der Waals surface area contributed by atoms with Crippen molar-refractivity contribution in [2.45, 2.75) is 0 Å². The third-order valence-electron chi connectivity index (χ3n) is 13.3. The summed E-state index contributed by atoms with van der Waals surface area (Å²) < 4.78 is 2.50. The van der Waals surface area contributed by atoms with E-state index in [-0.39, 0.29) is 0 Å². The lowest BCUT2D eigenvalue weighted by molar-refractivity contribution is 1.18. The summed E-state index contributed by atoms with van der Waals surface area (Å²) in [5.74, 6) is 0.710. The van der Waals surface area contributed by atoms with Gasteiger partial charge in [0.05, 0.1) is 27.9 Å². The maximum absolute atomic E-state index is 5.11. The molecule has 13 aromatic rings. The van der Waals surface area contributed by atoms with E-state index in [0.29, 0.717) is 5.82 Å². The number of fused-ring (bicyclic) bond motifs is 6. The molecule has 0 saturated heterocycles. The molecule has 0 aliphatic carbocycles. The molecule has 0 unspecified atom stereocenters. The second-order valence-corrected chi connectivity index (χ2v) is 17.4. The number of nitrogens with zero attached hydrogens (tertiary/aromatic N) is 3. The first-order valence-electron chi connectivity index (χ1n) is 22.9. The fourth-order valence-corrected chi connectivity index (χ4v) is 10.0. The van der Waals surface area contributed by atoms with Gasteiger partial charge in [-0.2, -0.15) is 0 Å². The molecule has 0 bridgehead atoms. The summed E-state index contributed by atoms with van der Waals surface area (Å²) in [6, 6.07) is 89.4. The van der Waals surface area contributed by atoms with Crippen LogP contribution in [0.15, 0.2) is 249 Å². The van der Waals surface area contributed by atoms with Crippen molar-refractivity contribution in [2.24, 2.45) is 0 Å².